The third kappa shape index (κ3) is 4.07. The zero-order valence-electron chi connectivity index (χ0n) is 15.8. The fourth-order valence-corrected chi connectivity index (χ4v) is 4.98. The van der Waals surface area contributed by atoms with Gasteiger partial charge in [0.2, 0.25) is 0 Å². The van der Waals surface area contributed by atoms with Crippen molar-refractivity contribution in [1.29, 1.82) is 0 Å². The summed E-state index contributed by atoms with van der Waals surface area (Å²) >= 11 is 1.35. The maximum Gasteiger partial charge on any atom is 0.359 e. The van der Waals surface area contributed by atoms with Gasteiger partial charge in [-0.2, -0.15) is 0 Å². The Kier molecular flexibility index (Phi) is 5.43. The van der Waals surface area contributed by atoms with Gasteiger partial charge in [-0.3, -0.25) is 9.59 Å². The summed E-state index contributed by atoms with van der Waals surface area (Å²) in [6, 6.07) is 3.26. The highest BCUT2D eigenvalue weighted by Gasteiger charge is 2.26. The van der Waals surface area contributed by atoms with E-state index in [0.717, 1.165) is 61.5 Å². The van der Waals surface area contributed by atoms with Crippen LogP contribution in [0.1, 0.15) is 50.5 Å². The van der Waals surface area contributed by atoms with Crippen LogP contribution < -0.4 is 16.0 Å². The standard InChI is InChI=1S/C19H21N5O4S/c20-17(26)16-11-4-3-5-13(11)29-18(16)21-15(25)10-28-19(27)12-6-7-14(23-22-12)24-8-1-2-9-24/h6-7H,1-5,8-10H2,(H2,20,26)(H,21,25). The molecule has 0 aromatic carbocycles. The van der Waals surface area contributed by atoms with Gasteiger partial charge >= 0.3 is 5.97 Å². The normalized spacial score (nSPS) is 15.2. The third-order valence-electron chi connectivity index (χ3n) is 5.04. The van der Waals surface area contributed by atoms with E-state index in [-0.39, 0.29) is 5.69 Å². The molecule has 0 radical (unpaired) electrons. The minimum Gasteiger partial charge on any atom is -0.451 e. The number of aromatic nitrogens is 2. The van der Waals surface area contributed by atoms with Gasteiger partial charge in [-0.15, -0.1) is 21.5 Å². The van der Waals surface area contributed by atoms with E-state index >= 15 is 0 Å². The predicted molar refractivity (Wildman–Crippen MR) is 107 cm³/mol. The van der Waals surface area contributed by atoms with Crippen LogP contribution in [0.15, 0.2) is 12.1 Å². The molecule has 3 N–H and O–H groups in total. The summed E-state index contributed by atoms with van der Waals surface area (Å²) in [6.45, 7) is 1.37. The zero-order chi connectivity index (χ0) is 20.4. The molecule has 0 saturated carbocycles. The number of nitrogens with two attached hydrogens (primary N) is 1. The van der Waals surface area contributed by atoms with Crippen LogP contribution in [0.25, 0.3) is 0 Å². The number of nitrogens with one attached hydrogen (secondary N) is 1. The number of amides is 2. The quantitative estimate of drug-likeness (QED) is 0.685. The van der Waals surface area contributed by atoms with Gasteiger partial charge in [-0.05, 0) is 49.8 Å². The van der Waals surface area contributed by atoms with E-state index in [1.807, 2.05) is 0 Å². The molecule has 0 atom stereocenters. The van der Waals surface area contributed by atoms with Crippen molar-refractivity contribution in [3.63, 3.8) is 0 Å². The van der Waals surface area contributed by atoms with Crippen LogP contribution in [-0.2, 0) is 22.4 Å². The number of anilines is 2. The molecule has 1 saturated heterocycles. The third-order valence-corrected chi connectivity index (χ3v) is 6.25. The molecule has 9 nitrogen and oxygen atoms in total. The lowest BCUT2D eigenvalue weighted by Crippen LogP contribution is -2.23. The summed E-state index contributed by atoms with van der Waals surface area (Å²) in [6.07, 6.45) is 4.86. The SMILES string of the molecule is NC(=O)c1c(NC(=O)COC(=O)c2ccc(N3CCCC3)nn2)sc2c1CCC2. The zero-order valence-corrected chi connectivity index (χ0v) is 16.6. The number of primary amides is 1. The van der Waals surface area contributed by atoms with Crippen LogP contribution in [0.5, 0.6) is 0 Å². The summed E-state index contributed by atoms with van der Waals surface area (Å²) in [5.74, 6) is -1.11. The number of ether oxygens (including phenoxy) is 1. The van der Waals surface area contributed by atoms with Crippen molar-refractivity contribution in [3.05, 3.63) is 33.8 Å². The average molecular weight is 415 g/mol. The van der Waals surface area contributed by atoms with Crippen LogP contribution in [0, 0.1) is 0 Å². The Morgan fingerprint density at radius 3 is 2.62 bits per heavy atom. The molecule has 1 aliphatic carbocycles. The number of carbonyl (C=O) groups is 3. The molecular weight excluding hydrogens is 394 g/mol. The van der Waals surface area contributed by atoms with E-state index in [2.05, 4.69) is 20.4 Å². The van der Waals surface area contributed by atoms with Crippen LogP contribution in [-0.4, -0.2) is 47.7 Å². The molecule has 2 aromatic rings. The van der Waals surface area contributed by atoms with E-state index in [0.29, 0.717) is 10.6 Å². The molecule has 3 heterocycles. The second-order valence-electron chi connectivity index (χ2n) is 7.02. The van der Waals surface area contributed by atoms with Crippen LogP contribution >= 0.6 is 11.3 Å². The molecule has 0 unspecified atom stereocenters. The Morgan fingerprint density at radius 1 is 1.14 bits per heavy atom. The first-order valence-electron chi connectivity index (χ1n) is 9.53. The maximum atomic E-state index is 12.2. The van der Waals surface area contributed by atoms with Crippen LogP contribution in [0.2, 0.25) is 0 Å². The minimum atomic E-state index is -0.732. The van der Waals surface area contributed by atoms with Crippen molar-refractivity contribution in [3.8, 4) is 0 Å². The van der Waals surface area contributed by atoms with Crippen molar-refractivity contribution >= 4 is 39.9 Å². The van der Waals surface area contributed by atoms with E-state index in [1.165, 1.54) is 17.4 Å². The minimum absolute atomic E-state index is 0.0358. The molecule has 10 heteroatoms. The number of esters is 1. The summed E-state index contributed by atoms with van der Waals surface area (Å²) < 4.78 is 5.03. The van der Waals surface area contributed by atoms with Gasteiger partial charge in [0.25, 0.3) is 11.8 Å². The number of aryl methyl sites for hydroxylation is 1. The summed E-state index contributed by atoms with van der Waals surface area (Å²) in [5.41, 5.74) is 6.80. The molecule has 4 rings (SSSR count). The molecule has 2 amide bonds. The van der Waals surface area contributed by atoms with Gasteiger partial charge in [0.15, 0.2) is 18.1 Å². The monoisotopic (exact) mass is 415 g/mol. The Labute approximate surface area is 171 Å². The smallest absolute Gasteiger partial charge is 0.359 e. The van der Waals surface area contributed by atoms with Gasteiger partial charge in [-0.25, -0.2) is 4.79 Å². The van der Waals surface area contributed by atoms with Crippen molar-refractivity contribution in [2.24, 2.45) is 5.73 Å². The van der Waals surface area contributed by atoms with Gasteiger partial charge in [0.05, 0.1) is 5.56 Å². The Bertz CT molecular complexity index is 950. The van der Waals surface area contributed by atoms with Crippen LogP contribution in [0.3, 0.4) is 0 Å². The Balaban J connectivity index is 1.34. The Hall–Kier alpha value is -3.01. The highest BCUT2D eigenvalue weighted by molar-refractivity contribution is 7.17. The molecule has 1 fully saturated rings. The molecule has 0 spiro atoms. The first kappa shape index (κ1) is 19.3. The molecule has 2 aliphatic rings. The summed E-state index contributed by atoms with van der Waals surface area (Å²) in [7, 11) is 0. The predicted octanol–water partition coefficient (Wildman–Crippen LogP) is 1.52. The van der Waals surface area contributed by atoms with E-state index in [1.54, 1.807) is 6.07 Å². The largest absolute Gasteiger partial charge is 0.451 e. The number of nitrogens with zero attached hydrogens (tertiary/aromatic N) is 3. The molecule has 29 heavy (non-hydrogen) atoms. The average Bonchev–Trinajstić information content (AvgIpc) is 3.43. The molecule has 152 valence electrons. The van der Waals surface area contributed by atoms with Crippen LogP contribution in [0.4, 0.5) is 10.8 Å². The summed E-state index contributed by atoms with van der Waals surface area (Å²) in [4.78, 5) is 39.3. The van der Waals surface area contributed by atoms with Gasteiger partial charge in [0.1, 0.15) is 5.00 Å². The highest BCUT2D eigenvalue weighted by atomic mass is 32.1. The Morgan fingerprint density at radius 2 is 1.93 bits per heavy atom. The lowest BCUT2D eigenvalue weighted by Gasteiger charge is -2.15. The number of carbonyl (C=O) groups excluding carboxylic acids is 3. The lowest BCUT2D eigenvalue weighted by atomic mass is 10.1. The van der Waals surface area contributed by atoms with Crippen molar-refractivity contribution in [1.82, 2.24) is 10.2 Å². The number of hydrogen-bond donors (Lipinski definition) is 2. The first-order chi connectivity index (χ1) is 14.0. The van der Waals surface area contributed by atoms with Gasteiger partial charge in [-0.1, -0.05) is 0 Å². The fourth-order valence-electron chi connectivity index (χ4n) is 3.67. The second-order valence-corrected chi connectivity index (χ2v) is 8.13. The van der Waals surface area contributed by atoms with Gasteiger partial charge in [0, 0.05) is 18.0 Å². The maximum absolute atomic E-state index is 12.2. The summed E-state index contributed by atoms with van der Waals surface area (Å²) in [5, 5.41) is 11.0. The molecule has 2 aromatic heterocycles. The van der Waals surface area contributed by atoms with E-state index in [4.69, 9.17) is 10.5 Å². The lowest BCUT2D eigenvalue weighted by molar-refractivity contribution is -0.119. The van der Waals surface area contributed by atoms with Crippen molar-refractivity contribution < 1.29 is 19.1 Å². The molecule has 1 aliphatic heterocycles. The van der Waals surface area contributed by atoms with Gasteiger partial charge < -0.3 is 20.7 Å². The number of hydrogen-bond acceptors (Lipinski definition) is 8. The topological polar surface area (TPSA) is 128 Å². The number of fused-ring (bicyclic) bond motifs is 1. The number of thiophene rings is 1. The first-order valence-corrected chi connectivity index (χ1v) is 10.3. The van der Waals surface area contributed by atoms with E-state index < -0.39 is 24.4 Å². The molecular formula is C19H21N5O4S. The highest BCUT2D eigenvalue weighted by Crippen LogP contribution is 2.38. The molecule has 0 bridgehead atoms. The van der Waals surface area contributed by atoms with E-state index in [9.17, 15) is 14.4 Å². The van der Waals surface area contributed by atoms with Crippen molar-refractivity contribution in [2.75, 3.05) is 29.9 Å². The van der Waals surface area contributed by atoms with Crippen molar-refractivity contribution in [2.45, 2.75) is 32.1 Å². The second kappa shape index (κ2) is 8.16. The fraction of sp³-hybridized carbons (Fsp3) is 0.421. The number of rotatable bonds is 6.